The lowest BCUT2D eigenvalue weighted by atomic mass is 9.43. The Kier molecular flexibility index (Phi) is 7.23. The number of fused-ring (bicyclic) bond motifs is 6. The van der Waals surface area contributed by atoms with E-state index >= 15 is 0 Å². The number of carbonyl (C=O) groups excluding carboxylic acids is 2. The van der Waals surface area contributed by atoms with Gasteiger partial charge in [-0.2, -0.15) is 0 Å². The third-order valence-corrected chi connectivity index (χ3v) is 13.0. The predicted molar refractivity (Wildman–Crippen MR) is 155 cm³/mol. The predicted octanol–water partition coefficient (Wildman–Crippen LogP) is 5.16. The molecule has 4 aliphatic carbocycles. The van der Waals surface area contributed by atoms with Crippen LogP contribution in [0.3, 0.4) is 0 Å². The molecule has 1 aromatic rings. The number of nitrogens with zero attached hydrogens (tertiary/aromatic N) is 1. The fraction of sp³-hybridized carbons (Fsp3) is 0.765. The average Bonchev–Trinajstić information content (AvgIpc) is 3.50. The molecule has 0 saturated heterocycles. The molecule has 4 fully saturated rings. The van der Waals surface area contributed by atoms with Gasteiger partial charge in [0.05, 0.1) is 18.3 Å². The van der Waals surface area contributed by atoms with Crippen molar-refractivity contribution in [3.05, 3.63) is 29.3 Å². The summed E-state index contributed by atoms with van der Waals surface area (Å²) >= 11 is 0. The standard InChI is InChI=1S/C34H49NO5/c1-19(5-10-31(40)35-14-12-22-15-21(20(2)36)6-9-28(22)35)25-7-8-26-32-27(18-30(39)34(25,26)4)33(3)13-11-24(37)16-23(33)17-29(32)38/h6,9,15,19,23-27,29-30,32,37-39H,5,7-8,10-14,16-18H2,1-4H3/t19-,23+,24-,25-,26+,27+,29-,30+,32+,33+,34-/m1/s1. The molecule has 0 bridgehead atoms. The van der Waals surface area contributed by atoms with Crippen LogP contribution in [0.4, 0.5) is 5.69 Å². The Bertz CT molecular complexity index is 1170. The van der Waals surface area contributed by atoms with Gasteiger partial charge in [0.15, 0.2) is 5.78 Å². The highest BCUT2D eigenvalue weighted by molar-refractivity contribution is 5.98. The van der Waals surface area contributed by atoms with Crippen LogP contribution < -0.4 is 4.90 Å². The van der Waals surface area contributed by atoms with E-state index in [0.717, 1.165) is 69.0 Å². The number of anilines is 1. The molecular weight excluding hydrogens is 502 g/mol. The fourth-order valence-electron chi connectivity index (χ4n) is 10.7. The molecule has 0 radical (unpaired) electrons. The van der Waals surface area contributed by atoms with Gasteiger partial charge >= 0.3 is 0 Å². The molecule has 6 heteroatoms. The molecule has 6 nitrogen and oxygen atoms in total. The first-order chi connectivity index (χ1) is 18.9. The van der Waals surface area contributed by atoms with Gasteiger partial charge in [0.25, 0.3) is 0 Å². The van der Waals surface area contributed by atoms with Crippen LogP contribution in [0.1, 0.15) is 101 Å². The molecule has 0 spiro atoms. The highest BCUT2D eigenvalue weighted by Gasteiger charge is 2.65. The maximum absolute atomic E-state index is 13.4. The molecule has 11 atom stereocenters. The minimum absolute atomic E-state index is 0.0493. The molecule has 4 saturated carbocycles. The largest absolute Gasteiger partial charge is 0.393 e. The Morgan fingerprint density at radius 1 is 1.05 bits per heavy atom. The average molecular weight is 552 g/mol. The van der Waals surface area contributed by atoms with E-state index in [1.807, 2.05) is 23.1 Å². The molecule has 40 heavy (non-hydrogen) atoms. The van der Waals surface area contributed by atoms with Gasteiger partial charge < -0.3 is 20.2 Å². The van der Waals surface area contributed by atoms with Crippen molar-refractivity contribution in [1.82, 2.24) is 0 Å². The van der Waals surface area contributed by atoms with Crippen LogP contribution >= 0.6 is 0 Å². The van der Waals surface area contributed by atoms with Gasteiger partial charge in [-0.3, -0.25) is 9.59 Å². The summed E-state index contributed by atoms with van der Waals surface area (Å²) in [7, 11) is 0. The summed E-state index contributed by atoms with van der Waals surface area (Å²) in [6.07, 6.45) is 7.24. The summed E-state index contributed by atoms with van der Waals surface area (Å²) in [6, 6.07) is 5.68. The van der Waals surface area contributed by atoms with Gasteiger partial charge in [-0.15, -0.1) is 0 Å². The van der Waals surface area contributed by atoms with E-state index in [-0.39, 0.29) is 40.6 Å². The number of aliphatic hydroxyl groups excluding tert-OH is 3. The molecule has 1 aromatic carbocycles. The molecular formula is C34H49NO5. The number of hydrogen-bond donors (Lipinski definition) is 3. The van der Waals surface area contributed by atoms with Crippen molar-refractivity contribution in [2.24, 2.45) is 46.3 Å². The summed E-state index contributed by atoms with van der Waals surface area (Å²) in [5, 5.41) is 33.7. The molecule has 3 N–H and O–H groups in total. The summed E-state index contributed by atoms with van der Waals surface area (Å²) in [5.74, 6) is 1.97. The third kappa shape index (κ3) is 4.31. The van der Waals surface area contributed by atoms with Gasteiger partial charge in [-0.25, -0.2) is 0 Å². The molecule has 6 rings (SSSR count). The van der Waals surface area contributed by atoms with E-state index in [1.165, 1.54) is 0 Å². The number of aliphatic hydroxyl groups is 3. The smallest absolute Gasteiger partial charge is 0.227 e. The maximum Gasteiger partial charge on any atom is 0.227 e. The number of Topliss-reactive ketones (excluding diaryl/α,β-unsaturated/α-hetero) is 1. The number of benzene rings is 1. The molecule has 1 amide bonds. The lowest BCUT2D eigenvalue weighted by molar-refractivity contribution is -0.207. The second kappa shape index (κ2) is 10.2. The van der Waals surface area contributed by atoms with Crippen LogP contribution in [0, 0.1) is 46.3 Å². The van der Waals surface area contributed by atoms with E-state index in [0.29, 0.717) is 48.1 Å². The normalized spacial score (nSPS) is 42.9. The summed E-state index contributed by atoms with van der Waals surface area (Å²) in [5.41, 5.74) is 2.56. The lowest BCUT2D eigenvalue weighted by Gasteiger charge is -2.63. The van der Waals surface area contributed by atoms with Gasteiger partial charge in [-0.1, -0.05) is 20.8 Å². The van der Waals surface area contributed by atoms with Crippen LogP contribution in [0.2, 0.25) is 0 Å². The monoisotopic (exact) mass is 551 g/mol. The highest BCUT2D eigenvalue weighted by Crippen LogP contribution is 2.68. The third-order valence-electron chi connectivity index (χ3n) is 13.0. The van der Waals surface area contributed by atoms with Crippen molar-refractivity contribution < 1.29 is 24.9 Å². The minimum atomic E-state index is -0.403. The number of amides is 1. The SMILES string of the molecule is CC(=O)c1ccc2c(c1)CCN2C(=O)CC[C@@H](C)[C@H]1CC[C@H]2[C@@H]3[C@H](O)C[C@@H]4C[C@H](O)CC[C@]4(C)[C@H]3C[C@H](O)[C@]12C. The highest BCUT2D eigenvalue weighted by atomic mass is 16.3. The summed E-state index contributed by atoms with van der Waals surface area (Å²) in [6.45, 7) is 9.16. The first-order valence-corrected chi connectivity index (χ1v) is 15.9. The zero-order chi connectivity index (χ0) is 28.6. The van der Waals surface area contributed by atoms with Crippen LogP contribution in [0.25, 0.3) is 0 Å². The van der Waals surface area contributed by atoms with Crippen molar-refractivity contribution >= 4 is 17.4 Å². The molecule has 1 aliphatic heterocycles. The zero-order valence-electron chi connectivity index (χ0n) is 24.8. The summed E-state index contributed by atoms with van der Waals surface area (Å²) in [4.78, 5) is 27.0. The Labute approximate surface area is 239 Å². The first kappa shape index (κ1) is 28.4. The number of ketones is 1. The van der Waals surface area contributed by atoms with Gasteiger partial charge in [-0.05, 0) is 135 Å². The maximum atomic E-state index is 13.4. The van der Waals surface area contributed by atoms with Crippen LogP contribution in [-0.2, 0) is 11.2 Å². The molecule has 0 unspecified atom stereocenters. The minimum Gasteiger partial charge on any atom is -0.393 e. The Morgan fingerprint density at radius 3 is 2.58 bits per heavy atom. The van der Waals surface area contributed by atoms with E-state index in [1.54, 1.807) is 6.92 Å². The summed E-state index contributed by atoms with van der Waals surface area (Å²) < 4.78 is 0. The Balaban J connectivity index is 1.14. The Morgan fingerprint density at radius 2 is 1.82 bits per heavy atom. The van der Waals surface area contributed by atoms with Gasteiger partial charge in [0, 0.05) is 24.2 Å². The second-order valence-electron chi connectivity index (χ2n) is 14.7. The second-order valence-corrected chi connectivity index (χ2v) is 14.7. The number of carbonyl (C=O) groups is 2. The molecule has 0 aromatic heterocycles. The fourth-order valence-corrected chi connectivity index (χ4v) is 10.7. The number of hydrogen-bond acceptors (Lipinski definition) is 5. The van der Waals surface area contributed by atoms with Crippen molar-refractivity contribution in [1.29, 1.82) is 0 Å². The van der Waals surface area contributed by atoms with Crippen LogP contribution in [0.5, 0.6) is 0 Å². The van der Waals surface area contributed by atoms with Crippen molar-refractivity contribution in [2.75, 3.05) is 11.4 Å². The van der Waals surface area contributed by atoms with Crippen molar-refractivity contribution in [2.45, 2.75) is 110 Å². The molecule has 220 valence electrons. The topological polar surface area (TPSA) is 98.1 Å². The van der Waals surface area contributed by atoms with Gasteiger partial charge in [0.1, 0.15) is 0 Å². The first-order valence-electron chi connectivity index (χ1n) is 15.9. The van der Waals surface area contributed by atoms with Gasteiger partial charge in [0.2, 0.25) is 5.91 Å². The molecule has 1 heterocycles. The lowest BCUT2D eigenvalue weighted by Crippen LogP contribution is -2.62. The van der Waals surface area contributed by atoms with Crippen LogP contribution in [-0.4, -0.2) is 51.9 Å². The van der Waals surface area contributed by atoms with E-state index in [9.17, 15) is 24.9 Å². The Hall–Kier alpha value is -1.76. The van der Waals surface area contributed by atoms with E-state index < -0.39 is 6.10 Å². The van der Waals surface area contributed by atoms with Crippen molar-refractivity contribution in [3.8, 4) is 0 Å². The van der Waals surface area contributed by atoms with Crippen LogP contribution in [0.15, 0.2) is 18.2 Å². The van der Waals surface area contributed by atoms with E-state index in [2.05, 4.69) is 20.8 Å². The van der Waals surface area contributed by atoms with Crippen molar-refractivity contribution in [3.63, 3.8) is 0 Å². The van der Waals surface area contributed by atoms with E-state index in [4.69, 9.17) is 0 Å². The quantitative estimate of drug-likeness (QED) is 0.440. The zero-order valence-corrected chi connectivity index (χ0v) is 24.8. The molecule has 5 aliphatic rings. The number of rotatable bonds is 5.